The number of nitrogens with zero attached hydrogens (tertiary/aromatic N) is 3. The minimum atomic E-state index is 0.516. The minimum absolute atomic E-state index is 0.516. The Morgan fingerprint density at radius 3 is 2.29 bits per heavy atom. The van der Waals surface area contributed by atoms with E-state index in [9.17, 15) is 0 Å². The number of anilines is 3. The monoisotopic (exact) mass is 369 g/mol. The Hall–Kier alpha value is -3.93. The highest BCUT2D eigenvalue weighted by molar-refractivity contribution is 5.56. The number of rotatable bonds is 7. The third-order valence-electron chi connectivity index (χ3n) is 3.92. The summed E-state index contributed by atoms with van der Waals surface area (Å²) in [6, 6.07) is 25.0. The summed E-state index contributed by atoms with van der Waals surface area (Å²) in [6.07, 6.45) is 3.48. The van der Waals surface area contributed by atoms with Gasteiger partial charge in [0.05, 0.1) is 12.2 Å². The van der Waals surface area contributed by atoms with Gasteiger partial charge in [0.1, 0.15) is 17.3 Å². The number of pyridine rings is 1. The fourth-order valence-electron chi connectivity index (χ4n) is 2.56. The van der Waals surface area contributed by atoms with Crippen molar-refractivity contribution in [2.24, 2.45) is 0 Å². The quantitative estimate of drug-likeness (QED) is 0.477. The van der Waals surface area contributed by atoms with Crippen LogP contribution in [0.2, 0.25) is 0 Å². The Kier molecular flexibility index (Phi) is 5.39. The second-order valence-electron chi connectivity index (χ2n) is 6.00. The van der Waals surface area contributed by atoms with Crippen LogP contribution in [0.25, 0.3) is 0 Å². The lowest BCUT2D eigenvalue weighted by atomic mass is 10.3. The molecule has 0 atom stereocenters. The summed E-state index contributed by atoms with van der Waals surface area (Å²) in [5.41, 5.74) is 1.83. The zero-order chi connectivity index (χ0) is 19.0. The molecule has 2 aromatic carbocycles. The molecule has 2 aromatic heterocycles. The summed E-state index contributed by atoms with van der Waals surface area (Å²) in [4.78, 5) is 13.0. The van der Waals surface area contributed by atoms with Crippen LogP contribution >= 0.6 is 0 Å². The van der Waals surface area contributed by atoms with Crippen LogP contribution in [-0.4, -0.2) is 15.0 Å². The van der Waals surface area contributed by atoms with E-state index in [1.165, 1.54) is 0 Å². The van der Waals surface area contributed by atoms with Gasteiger partial charge in [0.2, 0.25) is 5.95 Å². The van der Waals surface area contributed by atoms with E-state index >= 15 is 0 Å². The maximum Gasteiger partial charge on any atom is 0.229 e. The molecule has 0 bridgehead atoms. The average Bonchev–Trinajstić information content (AvgIpc) is 2.76. The van der Waals surface area contributed by atoms with Crippen LogP contribution in [0.1, 0.15) is 5.69 Å². The normalized spacial score (nSPS) is 10.3. The number of aromatic nitrogens is 3. The molecule has 6 nitrogen and oxygen atoms in total. The first-order chi connectivity index (χ1) is 13.8. The number of nitrogens with one attached hydrogen (secondary N) is 2. The van der Waals surface area contributed by atoms with Gasteiger partial charge < -0.3 is 15.4 Å². The molecule has 0 aliphatic heterocycles. The predicted octanol–water partition coefficient (Wildman–Crippen LogP) is 5.02. The van der Waals surface area contributed by atoms with Crippen LogP contribution in [0.15, 0.2) is 91.3 Å². The van der Waals surface area contributed by atoms with Gasteiger partial charge in [-0.3, -0.25) is 4.98 Å². The van der Waals surface area contributed by atoms with Crippen LogP contribution < -0.4 is 15.4 Å². The van der Waals surface area contributed by atoms with Crippen molar-refractivity contribution < 1.29 is 4.74 Å². The van der Waals surface area contributed by atoms with Crippen LogP contribution in [0.3, 0.4) is 0 Å². The third kappa shape index (κ3) is 4.82. The van der Waals surface area contributed by atoms with Crippen LogP contribution in [0.4, 0.5) is 17.5 Å². The van der Waals surface area contributed by atoms with Gasteiger partial charge in [-0.25, -0.2) is 4.98 Å². The van der Waals surface area contributed by atoms with Crippen molar-refractivity contribution in [1.29, 1.82) is 0 Å². The highest BCUT2D eigenvalue weighted by Crippen LogP contribution is 2.23. The topological polar surface area (TPSA) is 72.0 Å². The van der Waals surface area contributed by atoms with E-state index in [1.807, 2.05) is 78.9 Å². The highest BCUT2D eigenvalue weighted by Gasteiger charge is 2.02. The first-order valence-electron chi connectivity index (χ1n) is 8.92. The molecule has 0 spiro atoms. The summed E-state index contributed by atoms with van der Waals surface area (Å²) in [7, 11) is 0. The molecule has 2 heterocycles. The van der Waals surface area contributed by atoms with Gasteiger partial charge in [0, 0.05) is 18.1 Å². The Morgan fingerprint density at radius 2 is 1.50 bits per heavy atom. The molecule has 0 aliphatic rings. The van der Waals surface area contributed by atoms with E-state index in [0.29, 0.717) is 12.5 Å². The molecule has 138 valence electrons. The van der Waals surface area contributed by atoms with E-state index in [4.69, 9.17) is 4.74 Å². The van der Waals surface area contributed by atoms with Gasteiger partial charge in [-0.1, -0.05) is 24.3 Å². The molecule has 2 N–H and O–H groups in total. The molecule has 28 heavy (non-hydrogen) atoms. The van der Waals surface area contributed by atoms with Gasteiger partial charge in [0.25, 0.3) is 0 Å². The Balaban J connectivity index is 1.37. The zero-order valence-electron chi connectivity index (χ0n) is 15.1. The third-order valence-corrected chi connectivity index (χ3v) is 3.92. The largest absolute Gasteiger partial charge is 0.457 e. The van der Waals surface area contributed by atoms with Crippen molar-refractivity contribution in [2.75, 3.05) is 10.6 Å². The van der Waals surface area contributed by atoms with E-state index < -0.39 is 0 Å². The Labute approximate surface area is 163 Å². The first kappa shape index (κ1) is 17.5. The summed E-state index contributed by atoms with van der Waals surface area (Å²) in [5.74, 6) is 2.82. The van der Waals surface area contributed by atoms with E-state index in [-0.39, 0.29) is 0 Å². The maximum absolute atomic E-state index is 5.80. The molecule has 0 aliphatic carbocycles. The van der Waals surface area contributed by atoms with Crippen molar-refractivity contribution in [3.63, 3.8) is 0 Å². The molecule has 6 heteroatoms. The molecule has 0 fully saturated rings. The van der Waals surface area contributed by atoms with E-state index in [1.54, 1.807) is 12.4 Å². The molecule has 0 saturated carbocycles. The lowest BCUT2D eigenvalue weighted by molar-refractivity contribution is 0.483. The first-order valence-corrected chi connectivity index (χ1v) is 8.92. The number of ether oxygens (including phenoxy) is 1. The fraction of sp³-hybridized carbons (Fsp3) is 0.0455. The summed E-state index contributed by atoms with van der Waals surface area (Å²) in [6.45, 7) is 0.600. The Bertz CT molecular complexity index is 1010. The molecule has 0 unspecified atom stereocenters. The highest BCUT2D eigenvalue weighted by atomic mass is 16.5. The summed E-state index contributed by atoms with van der Waals surface area (Å²) >= 11 is 0. The van der Waals surface area contributed by atoms with Crippen molar-refractivity contribution in [1.82, 2.24) is 15.0 Å². The molecule has 4 aromatic rings. The molecular formula is C22H19N5O. The van der Waals surface area contributed by atoms with Crippen molar-refractivity contribution in [2.45, 2.75) is 6.54 Å². The van der Waals surface area contributed by atoms with E-state index in [2.05, 4.69) is 25.6 Å². The minimum Gasteiger partial charge on any atom is -0.457 e. The predicted molar refractivity (Wildman–Crippen MR) is 110 cm³/mol. The van der Waals surface area contributed by atoms with Gasteiger partial charge in [-0.15, -0.1) is 0 Å². The second-order valence-corrected chi connectivity index (χ2v) is 6.00. The molecule has 0 radical (unpaired) electrons. The second kappa shape index (κ2) is 8.64. The standard InChI is InChI=1S/C22H19N5O/c1-2-7-19(8-3-1)28-20-11-9-17(10-12-20)26-22-24-15-13-21(27-22)25-16-18-6-4-5-14-23-18/h1-15H,16H2,(H2,24,25,26,27). The molecule has 0 amide bonds. The number of benzene rings is 2. The van der Waals surface area contributed by atoms with Crippen molar-refractivity contribution >= 4 is 17.5 Å². The fourth-order valence-corrected chi connectivity index (χ4v) is 2.56. The number of hydrogen-bond acceptors (Lipinski definition) is 6. The SMILES string of the molecule is c1ccc(Oc2ccc(Nc3nccc(NCc4ccccn4)n3)cc2)cc1. The number of hydrogen-bond donors (Lipinski definition) is 2. The summed E-state index contributed by atoms with van der Waals surface area (Å²) < 4.78 is 5.80. The average molecular weight is 369 g/mol. The van der Waals surface area contributed by atoms with Gasteiger partial charge in [-0.2, -0.15) is 4.98 Å². The van der Waals surface area contributed by atoms with Crippen LogP contribution in [0, 0.1) is 0 Å². The van der Waals surface area contributed by atoms with Crippen molar-refractivity contribution in [3.8, 4) is 11.5 Å². The van der Waals surface area contributed by atoms with Crippen LogP contribution in [0.5, 0.6) is 11.5 Å². The van der Waals surface area contributed by atoms with Crippen molar-refractivity contribution in [3.05, 3.63) is 97.0 Å². The van der Waals surface area contributed by atoms with Gasteiger partial charge in [0.15, 0.2) is 0 Å². The number of para-hydroxylation sites is 1. The lowest BCUT2D eigenvalue weighted by Crippen LogP contribution is -2.05. The maximum atomic E-state index is 5.80. The van der Waals surface area contributed by atoms with Gasteiger partial charge >= 0.3 is 0 Å². The lowest BCUT2D eigenvalue weighted by Gasteiger charge is -2.09. The van der Waals surface area contributed by atoms with Gasteiger partial charge in [-0.05, 0) is 54.6 Å². The summed E-state index contributed by atoms with van der Waals surface area (Å²) in [5, 5.41) is 6.45. The zero-order valence-corrected chi connectivity index (χ0v) is 15.1. The van der Waals surface area contributed by atoms with E-state index in [0.717, 1.165) is 28.7 Å². The Morgan fingerprint density at radius 1 is 0.714 bits per heavy atom. The van der Waals surface area contributed by atoms with Crippen LogP contribution in [-0.2, 0) is 6.54 Å². The molecule has 0 saturated heterocycles. The smallest absolute Gasteiger partial charge is 0.229 e. The molecular weight excluding hydrogens is 350 g/mol. The molecule has 4 rings (SSSR count).